The number of nitro groups is 1. The van der Waals surface area contributed by atoms with Crippen molar-refractivity contribution >= 4 is 23.4 Å². The summed E-state index contributed by atoms with van der Waals surface area (Å²) in [6.45, 7) is 9.61. The van der Waals surface area contributed by atoms with Gasteiger partial charge in [-0.05, 0) is 70.8 Å². The Kier molecular flexibility index (Phi) is 9.84. The Labute approximate surface area is 228 Å². The smallest absolute Gasteiger partial charge is 0.429 e. The van der Waals surface area contributed by atoms with Crippen LogP contribution in [0.1, 0.15) is 64.5 Å². The highest BCUT2D eigenvalue weighted by Crippen LogP contribution is 2.35. The molecule has 2 heterocycles. The summed E-state index contributed by atoms with van der Waals surface area (Å²) < 4.78 is 26.2. The zero-order chi connectivity index (χ0) is 28.7. The van der Waals surface area contributed by atoms with E-state index in [1.807, 2.05) is 6.92 Å². The summed E-state index contributed by atoms with van der Waals surface area (Å²) in [6, 6.07) is 4.57. The summed E-state index contributed by atoms with van der Waals surface area (Å²) >= 11 is 0. The van der Waals surface area contributed by atoms with E-state index in [-0.39, 0.29) is 30.5 Å². The molecule has 0 spiro atoms. The van der Waals surface area contributed by atoms with Crippen LogP contribution in [-0.2, 0) is 17.8 Å². The topological polar surface area (TPSA) is 140 Å². The minimum absolute atomic E-state index is 0.188. The first-order valence-corrected chi connectivity index (χ1v) is 13.1. The molecule has 214 valence electrons. The molecule has 12 nitrogen and oxygen atoms in total. The third kappa shape index (κ3) is 8.12. The van der Waals surface area contributed by atoms with E-state index in [4.69, 9.17) is 15.2 Å². The van der Waals surface area contributed by atoms with Crippen molar-refractivity contribution in [3.05, 3.63) is 45.3 Å². The Hall–Kier alpha value is -3.74. The summed E-state index contributed by atoms with van der Waals surface area (Å²) in [7, 11) is 1.36. The molecule has 1 saturated heterocycles. The van der Waals surface area contributed by atoms with Crippen molar-refractivity contribution in [1.29, 1.82) is 0 Å². The molecule has 39 heavy (non-hydrogen) atoms. The summed E-state index contributed by atoms with van der Waals surface area (Å²) in [5.41, 5.74) is 5.57. The van der Waals surface area contributed by atoms with Crippen LogP contribution in [0.5, 0.6) is 6.01 Å². The molecular weight excluding hydrogens is 509 g/mol. The first-order chi connectivity index (χ1) is 18.4. The quantitative estimate of drug-likeness (QED) is 0.240. The number of hydrazine groups is 1. The second kappa shape index (κ2) is 12.9. The van der Waals surface area contributed by atoms with Crippen molar-refractivity contribution in [2.75, 3.05) is 37.5 Å². The number of nitrogens with zero attached hydrogens (tertiary/aromatic N) is 6. The van der Waals surface area contributed by atoms with Gasteiger partial charge in [-0.3, -0.25) is 20.0 Å². The van der Waals surface area contributed by atoms with Gasteiger partial charge in [0.2, 0.25) is 11.6 Å². The molecule has 2 N–H and O–H groups in total. The molecule has 0 bridgehead atoms. The molecule has 0 saturated carbocycles. The highest BCUT2D eigenvalue weighted by Gasteiger charge is 2.34. The van der Waals surface area contributed by atoms with Gasteiger partial charge in [0.05, 0.1) is 18.1 Å². The number of carbonyl (C=O) groups excluding carboxylic acids is 1. The molecule has 0 atom stereocenters. The lowest BCUT2D eigenvalue weighted by Gasteiger charge is -2.34. The third-order valence-corrected chi connectivity index (χ3v) is 6.08. The number of nitrogen functional groups attached to an aromatic ring is 1. The summed E-state index contributed by atoms with van der Waals surface area (Å²) in [5.74, 6) is -1.30. The van der Waals surface area contributed by atoms with Crippen molar-refractivity contribution in [2.24, 2.45) is 0 Å². The van der Waals surface area contributed by atoms with Gasteiger partial charge in [0, 0.05) is 19.2 Å². The molecule has 0 aliphatic carbocycles. The van der Waals surface area contributed by atoms with E-state index in [0.29, 0.717) is 13.0 Å². The Morgan fingerprint density at radius 2 is 1.95 bits per heavy atom. The maximum absolute atomic E-state index is 15.1. The normalized spacial score (nSPS) is 13.8. The molecule has 0 unspecified atom stereocenters. The Morgan fingerprint density at radius 3 is 2.56 bits per heavy atom. The molecule has 2 aromatic rings. The number of halogens is 1. The van der Waals surface area contributed by atoms with Gasteiger partial charge < -0.3 is 15.2 Å². The standard InChI is InChI=1S/C26H38FN7O5/c1-6-7-14-38-24-29-22(28)21(34(36)37)23(30-24)33(31(5)25(35)39-26(2,3)4)17-19-15-18(10-11-20(19)27)16-32-12-8-9-13-32/h10-11,15H,6-9,12-14,16-17H2,1-5H3,(H2,28,29,30). The zero-order valence-electron chi connectivity index (χ0n) is 23.3. The van der Waals surface area contributed by atoms with Gasteiger partial charge in [0.25, 0.3) is 0 Å². The fourth-order valence-corrected chi connectivity index (χ4v) is 4.12. The summed E-state index contributed by atoms with van der Waals surface area (Å²) in [4.78, 5) is 34.9. The number of anilines is 2. The molecule has 3 rings (SSSR count). The van der Waals surface area contributed by atoms with Crippen LogP contribution in [0.4, 0.5) is 26.5 Å². The number of ether oxygens (including phenoxy) is 2. The number of likely N-dealkylation sites (tertiary alicyclic amines) is 1. The van der Waals surface area contributed by atoms with E-state index in [2.05, 4.69) is 14.9 Å². The predicted octanol–water partition coefficient (Wildman–Crippen LogP) is 4.67. The first-order valence-electron chi connectivity index (χ1n) is 13.1. The number of nitrogens with two attached hydrogens (primary N) is 1. The molecule has 1 aromatic carbocycles. The minimum atomic E-state index is -0.858. The molecule has 0 radical (unpaired) electrons. The first kappa shape index (κ1) is 29.8. The van der Waals surface area contributed by atoms with Gasteiger partial charge in [-0.2, -0.15) is 9.97 Å². The number of rotatable bonds is 11. The summed E-state index contributed by atoms with van der Waals surface area (Å²) in [6.07, 6.45) is 2.95. The number of amides is 1. The fourth-order valence-electron chi connectivity index (χ4n) is 4.12. The van der Waals surface area contributed by atoms with Crippen molar-refractivity contribution in [1.82, 2.24) is 19.9 Å². The number of carbonyl (C=O) groups is 1. The second-order valence-electron chi connectivity index (χ2n) is 10.5. The predicted molar refractivity (Wildman–Crippen MR) is 145 cm³/mol. The highest BCUT2D eigenvalue weighted by atomic mass is 19.1. The van der Waals surface area contributed by atoms with E-state index in [1.165, 1.54) is 13.1 Å². The SMILES string of the molecule is CCCCOc1nc(N)c([N+](=O)[O-])c(N(Cc2cc(CN3CCCC3)ccc2F)N(C)C(=O)OC(C)(C)C)n1. The average molecular weight is 548 g/mol. The Morgan fingerprint density at radius 1 is 1.26 bits per heavy atom. The molecule has 1 amide bonds. The summed E-state index contributed by atoms with van der Waals surface area (Å²) in [5, 5.41) is 14.2. The van der Waals surface area contributed by atoms with Crippen LogP contribution in [0.15, 0.2) is 18.2 Å². The lowest BCUT2D eigenvalue weighted by atomic mass is 10.1. The van der Waals surface area contributed by atoms with Crippen molar-refractivity contribution in [3.63, 3.8) is 0 Å². The Bertz CT molecular complexity index is 1170. The van der Waals surface area contributed by atoms with E-state index < -0.39 is 33.9 Å². The minimum Gasteiger partial charge on any atom is -0.463 e. The van der Waals surface area contributed by atoms with Crippen LogP contribution < -0.4 is 15.5 Å². The number of unbranched alkanes of at least 4 members (excludes halogenated alkanes) is 1. The number of hydrogen-bond donors (Lipinski definition) is 1. The van der Waals surface area contributed by atoms with Gasteiger partial charge in [-0.1, -0.05) is 19.4 Å². The van der Waals surface area contributed by atoms with Gasteiger partial charge >= 0.3 is 17.8 Å². The van der Waals surface area contributed by atoms with Crippen molar-refractivity contribution in [3.8, 4) is 6.01 Å². The largest absolute Gasteiger partial charge is 0.463 e. The van der Waals surface area contributed by atoms with Gasteiger partial charge in [0.1, 0.15) is 11.4 Å². The van der Waals surface area contributed by atoms with Crippen LogP contribution in [0.3, 0.4) is 0 Å². The molecular formula is C26H38FN7O5. The molecule has 13 heteroatoms. The van der Waals surface area contributed by atoms with Crippen molar-refractivity contribution in [2.45, 2.75) is 72.1 Å². The second-order valence-corrected chi connectivity index (χ2v) is 10.5. The van der Waals surface area contributed by atoms with E-state index in [9.17, 15) is 14.9 Å². The van der Waals surface area contributed by atoms with E-state index >= 15 is 4.39 Å². The maximum Gasteiger partial charge on any atom is 0.429 e. The number of benzene rings is 1. The molecule has 1 aliphatic heterocycles. The molecule has 1 fully saturated rings. The van der Waals surface area contributed by atoms with Gasteiger partial charge in [-0.15, -0.1) is 0 Å². The number of aromatic nitrogens is 2. The fraction of sp³-hybridized carbons (Fsp3) is 0.577. The van der Waals surface area contributed by atoms with Gasteiger partial charge in [-0.25, -0.2) is 14.2 Å². The van der Waals surface area contributed by atoms with Crippen LogP contribution in [0.25, 0.3) is 0 Å². The van der Waals surface area contributed by atoms with Crippen molar-refractivity contribution < 1.29 is 23.6 Å². The van der Waals surface area contributed by atoms with Gasteiger partial charge in [0.15, 0.2) is 0 Å². The highest BCUT2D eigenvalue weighted by molar-refractivity contribution is 5.75. The van der Waals surface area contributed by atoms with Crippen LogP contribution >= 0.6 is 0 Å². The van der Waals surface area contributed by atoms with E-state index in [0.717, 1.165) is 47.9 Å². The lowest BCUT2D eigenvalue weighted by Crippen LogP contribution is -2.46. The number of hydrogen-bond acceptors (Lipinski definition) is 10. The molecule has 1 aromatic heterocycles. The molecule has 1 aliphatic rings. The monoisotopic (exact) mass is 547 g/mol. The maximum atomic E-state index is 15.1. The zero-order valence-corrected chi connectivity index (χ0v) is 23.3. The lowest BCUT2D eigenvalue weighted by molar-refractivity contribution is -0.383. The van der Waals surface area contributed by atoms with Crippen LogP contribution in [-0.4, -0.2) is 63.2 Å². The average Bonchev–Trinajstić information content (AvgIpc) is 3.35. The Balaban J connectivity index is 2.07. The third-order valence-electron chi connectivity index (χ3n) is 6.08. The van der Waals surface area contributed by atoms with Crippen LogP contribution in [0.2, 0.25) is 0 Å². The van der Waals surface area contributed by atoms with E-state index in [1.54, 1.807) is 32.9 Å². The van der Waals surface area contributed by atoms with Crippen LogP contribution in [0, 0.1) is 15.9 Å².